The Labute approximate surface area is 115 Å². The molecule has 2 rings (SSSR count). The number of rotatable bonds is 4. The maximum absolute atomic E-state index is 12.6. The lowest BCUT2D eigenvalue weighted by molar-refractivity contribution is 0.0602. The fourth-order valence-electron chi connectivity index (χ4n) is 2.72. The number of hydrogen-bond donors (Lipinski definition) is 1. The van der Waals surface area contributed by atoms with Gasteiger partial charge in [0.05, 0.1) is 5.56 Å². The molecule has 2 heterocycles. The fraction of sp³-hybridized carbons (Fsp3) is 0.600. The average molecular weight is 261 g/mol. The van der Waals surface area contributed by atoms with Crippen LogP contribution in [0.1, 0.15) is 41.6 Å². The van der Waals surface area contributed by atoms with Crippen LogP contribution < -0.4 is 5.32 Å². The van der Waals surface area contributed by atoms with E-state index in [0.717, 1.165) is 43.5 Å². The van der Waals surface area contributed by atoms with Crippen molar-refractivity contribution in [1.82, 2.24) is 15.2 Å². The highest BCUT2D eigenvalue weighted by Crippen LogP contribution is 2.21. The third-order valence-electron chi connectivity index (χ3n) is 3.74. The Morgan fingerprint density at radius 2 is 2.32 bits per heavy atom. The van der Waals surface area contributed by atoms with Crippen molar-refractivity contribution in [3.05, 3.63) is 29.6 Å². The van der Waals surface area contributed by atoms with Gasteiger partial charge < -0.3 is 10.2 Å². The Morgan fingerprint density at radius 3 is 3.05 bits per heavy atom. The molecule has 1 aromatic heterocycles. The fourth-order valence-corrected chi connectivity index (χ4v) is 2.72. The van der Waals surface area contributed by atoms with Gasteiger partial charge in [0.25, 0.3) is 5.91 Å². The molecule has 0 aliphatic carbocycles. The van der Waals surface area contributed by atoms with Gasteiger partial charge in [-0.05, 0) is 57.8 Å². The molecule has 1 fully saturated rings. The van der Waals surface area contributed by atoms with Crippen molar-refractivity contribution in [2.24, 2.45) is 0 Å². The van der Waals surface area contributed by atoms with Gasteiger partial charge in [-0.1, -0.05) is 0 Å². The maximum Gasteiger partial charge on any atom is 0.255 e. The molecular formula is C15H23N3O. The molecule has 0 bridgehead atoms. The number of aryl methyl sites for hydroxylation is 1. The highest BCUT2D eigenvalue weighted by atomic mass is 16.2. The third kappa shape index (κ3) is 3.53. The van der Waals surface area contributed by atoms with Gasteiger partial charge in [0.2, 0.25) is 0 Å². The van der Waals surface area contributed by atoms with Gasteiger partial charge in [-0.3, -0.25) is 9.78 Å². The van der Waals surface area contributed by atoms with E-state index < -0.39 is 0 Å². The zero-order valence-corrected chi connectivity index (χ0v) is 11.9. The van der Waals surface area contributed by atoms with Crippen LogP contribution in [0.2, 0.25) is 0 Å². The second kappa shape index (κ2) is 6.66. The van der Waals surface area contributed by atoms with Gasteiger partial charge in [-0.2, -0.15) is 0 Å². The number of carbonyl (C=O) groups is 1. The van der Waals surface area contributed by atoms with E-state index in [1.54, 1.807) is 12.4 Å². The van der Waals surface area contributed by atoms with E-state index in [4.69, 9.17) is 0 Å². The Hall–Kier alpha value is -1.42. The number of nitrogens with zero attached hydrogens (tertiary/aromatic N) is 2. The van der Waals surface area contributed by atoms with Crippen LogP contribution in [0.25, 0.3) is 0 Å². The number of aromatic nitrogens is 1. The standard InChI is InChI=1S/C15H23N3O/c1-12-9-13(11-17-10-12)15(19)18-8-4-3-5-14(18)6-7-16-2/h9-11,14,16H,3-8H2,1-2H3. The van der Waals surface area contributed by atoms with Crippen LogP contribution in [0.5, 0.6) is 0 Å². The van der Waals surface area contributed by atoms with Crippen LogP contribution in [0, 0.1) is 6.92 Å². The van der Waals surface area contributed by atoms with Crippen molar-refractivity contribution < 1.29 is 4.79 Å². The van der Waals surface area contributed by atoms with Gasteiger partial charge in [0.1, 0.15) is 0 Å². The highest BCUT2D eigenvalue weighted by Gasteiger charge is 2.27. The van der Waals surface area contributed by atoms with Crippen LogP contribution in [-0.2, 0) is 0 Å². The molecule has 1 aromatic rings. The van der Waals surface area contributed by atoms with E-state index in [1.807, 2.05) is 24.9 Å². The molecule has 4 heteroatoms. The smallest absolute Gasteiger partial charge is 0.255 e. The van der Waals surface area contributed by atoms with Crippen molar-refractivity contribution in [1.29, 1.82) is 0 Å². The monoisotopic (exact) mass is 261 g/mol. The molecule has 1 saturated heterocycles. The SMILES string of the molecule is CNCCC1CCCCN1C(=O)c1cncc(C)c1. The largest absolute Gasteiger partial charge is 0.336 e. The molecule has 1 unspecified atom stereocenters. The molecular weight excluding hydrogens is 238 g/mol. The van der Waals surface area contributed by atoms with Crippen LogP contribution >= 0.6 is 0 Å². The summed E-state index contributed by atoms with van der Waals surface area (Å²) >= 11 is 0. The lowest BCUT2D eigenvalue weighted by Gasteiger charge is -2.36. The quantitative estimate of drug-likeness (QED) is 0.901. The van der Waals surface area contributed by atoms with Gasteiger partial charge in [-0.15, -0.1) is 0 Å². The molecule has 0 radical (unpaired) electrons. The number of likely N-dealkylation sites (tertiary alicyclic amines) is 1. The van der Waals surface area contributed by atoms with Crippen LogP contribution in [0.15, 0.2) is 18.5 Å². The van der Waals surface area contributed by atoms with E-state index in [2.05, 4.69) is 10.3 Å². The third-order valence-corrected chi connectivity index (χ3v) is 3.74. The van der Waals surface area contributed by atoms with E-state index >= 15 is 0 Å². The lowest BCUT2D eigenvalue weighted by atomic mass is 9.98. The molecule has 1 amide bonds. The summed E-state index contributed by atoms with van der Waals surface area (Å²) in [7, 11) is 1.96. The summed E-state index contributed by atoms with van der Waals surface area (Å²) in [5.74, 6) is 0.136. The molecule has 19 heavy (non-hydrogen) atoms. The Balaban J connectivity index is 2.10. The Morgan fingerprint density at radius 1 is 1.47 bits per heavy atom. The number of carbonyl (C=O) groups excluding carboxylic acids is 1. The Bertz CT molecular complexity index is 433. The van der Waals surface area contributed by atoms with E-state index in [9.17, 15) is 4.79 Å². The first-order valence-electron chi connectivity index (χ1n) is 7.09. The number of piperidine rings is 1. The topological polar surface area (TPSA) is 45.2 Å². The van der Waals surface area contributed by atoms with Gasteiger partial charge in [0.15, 0.2) is 0 Å². The molecule has 1 N–H and O–H groups in total. The molecule has 0 spiro atoms. The second-order valence-electron chi connectivity index (χ2n) is 5.29. The summed E-state index contributed by atoms with van der Waals surface area (Å²) in [6.07, 6.45) is 7.95. The zero-order valence-electron chi connectivity index (χ0n) is 11.9. The first-order valence-corrected chi connectivity index (χ1v) is 7.09. The van der Waals surface area contributed by atoms with E-state index in [1.165, 1.54) is 6.42 Å². The van der Waals surface area contributed by atoms with Gasteiger partial charge >= 0.3 is 0 Å². The Kier molecular flexibility index (Phi) is 4.91. The summed E-state index contributed by atoms with van der Waals surface area (Å²) in [6, 6.07) is 2.30. The van der Waals surface area contributed by atoms with Crippen LogP contribution in [0.3, 0.4) is 0 Å². The number of nitrogens with one attached hydrogen (secondary N) is 1. The minimum Gasteiger partial charge on any atom is -0.336 e. The van der Waals surface area contributed by atoms with Crippen molar-refractivity contribution in [2.75, 3.05) is 20.1 Å². The summed E-state index contributed by atoms with van der Waals surface area (Å²) in [6.45, 7) is 3.81. The second-order valence-corrected chi connectivity index (χ2v) is 5.29. The van der Waals surface area contributed by atoms with Crippen molar-refractivity contribution >= 4 is 5.91 Å². The molecule has 4 nitrogen and oxygen atoms in total. The van der Waals surface area contributed by atoms with Crippen molar-refractivity contribution in [3.63, 3.8) is 0 Å². The number of pyridine rings is 1. The number of hydrogen-bond acceptors (Lipinski definition) is 3. The maximum atomic E-state index is 12.6. The minimum absolute atomic E-state index is 0.136. The molecule has 0 saturated carbocycles. The van der Waals surface area contributed by atoms with Crippen LogP contribution in [0.4, 0.5) is 0 Å². The zero-order chi connectivity index (χ0) is 13.7. The lowest BCUT2D eigenvalue weighted by Crippen LogP contribution is -2.44. The predicted octanol–water partition coefficient (Wildman–Crippen LogP) is 1.99. The van der Waals surface area contributed by atoms with Crippen LogP contribution in [-0.4, -0.2) is 42.0 Å². The first kappa shape index (κ1) is 14.0. The first-order chi connectivity index (χ1) is 9.22. The minimum atomic E-state index is 0.136. The van der Waals surface area contributed by atoms with Gasteiger partial charge in [-0.25, -0.2) is 0 Å². The molecule has 0 aromatic carbocycles. The summed E-state index contributed by atoms with van der Waals surface area (Å²) in [4.78, 5) is 18.8. The normalized spacial score (nSPS) is 19.5. The summed E-state index contributed by atoms with van der Waals surface area (Å²) in [5.41, 5.74) is 1.76. The van der Waals surface area contributed by atoms with Crippen molar-refractivity contribution in [3.8, 4) is 0 Å². The molecule has 1 aliphatic heterocycles. The molecule has 104 valence electrons. The molecule has 1 atom stereocenters. The van der Waals surface area contributed by atoms with E-state index in [0.29, 0.717) is 6.04 Å². The van der Waals surface area contributed by atoms with E-state index in [-0.39, 0.29) is 5.91 Å². The predicted molar refractivity (Wildman–Crippen MR) is 76.2 cm³/mol. The summed E-state index contributed by atoms with van der Waals surface area (Å²) < 4.78 is 0. The summed E-state index contributed by atoms with van der Waals surface area (Å²) in [5, 5.41) is 3.17. The van der Waals surface area contributed by atoms with Gasteiger partial charge in [0, 0.05) is 25.0 Å². The average Bonchev–Trinajstić information content (AvgIpc) is 2.44. The van der Waals surface area contributed by atoms with Crippen molar-refractivity contribution in [2.45, 2.75) is 38.6 Å². The highest BCUT2D eigenvalue weighted by molar-refractivity contribution is 5.94. The number of amides is 1. The molecule has 1 aliphatic rings.